The molecule has 1 aliphatic carbocycles. The van der Waals surface area contributed by atoms with Crippen molar-refractivity contribution in [2.24, 2.45) is 0 Å². The number of hydrogen-bond donors (Lipinski definition) is 2. The molecule has 2 rings (SSSR count). The maximum Gasteiger partial charge on any atom is 0.335 e. The number of carbonyl (C=O) groups is 2. The molecule has 0 aromatic heterocycles. The Morgan fingerprint density at radius 1 is 1.19 bits per heavy atom. The lowest BCUT2D eigenvalue weighted by molar-refractivity contribution is -0.119. The van der Waals surface area contributed by atoms with E-state index >= 15 is 0 Å². The zero-order valence-corrected chi connectivity index (χ0v) is 12.8. The van der Waals surface area contributed by atoms with Gasteiger partial charge in [-0.3, -0.25) is 4.79 Å². The van der Waals surface area contributed by atoms with Crippen molar-refractivity contribution in [1.82, 2.24) is 5.32 Å². The van der Waals surface area contributed by atoms with Gasteiger partial charge in [-0.2, -0.15) is 0 Å². The van der Waals surface area contributed by atoms with Gasteiger partial charge in [-0.1, -0.05) is 37.5 Å². The molecule has 0 aliphatic heterocycles. The van der Waals surface area contributed by atoms with Crippen LogP contribution in [0, 0.1) is 0 Å². The van der Waals surface area contributed by atoms with Crippen LogP contribution in [0.1, 0.15) is 48.0 Å². The molecule has 21 heavy (non-hydrogen) atoms. The monoisotopic (exact) mass is 307 g/mol. The molecule has 1 saturated carbocycles. The third-order valence-corrected chi connectivity index (χ3v) is 4.69. The third kappa shape index (κ3) is 5.08. The van der Waals surface area contributed by atoms with E-state index in [0.717, 1.165) is 18.4 Å². The smallest absolute Gasteiger partial charge is 0.335 e. The Balaban J connectivity index is 1.76. The lowest BCUT2D eigenvalue weighted by Gasteiger charge is -2.22. The lowest BCUT2D eigenvalue weighted by atomic mass is 9.95. The number of aromatic carboxylic acids is 1. The molecule has 1 aliphatic rings. The summed E-state index contributed by atoms with van der Waals surface area (Å²) in [7, 11) is 0. The highest BCUT2D eigenvalue weighted by atomic mass is 32.2. The SMILES string of the molecule is O=C(CSCc1ccccc1C(=O)O)NC1CCCCC1. The van der Waals surface area contributed by atoms with Crippen LogP contribution in [0.5, 0.6) is 0 Å². The van der Waals surface area contributed by atoms with Crippen LogP contribution in [-0.2, 0) is 10.5 Å². The second kappa shape index (κ2) is 8.08. The third-order valence-electron chi connectivity index (χ3n) is 3.71. The molecular formula is C16H21NO3S. The van der Waals surface area contributed by atoms with Crippen LogP contribution in [0.15, 0.2) is 24.3 Å². The van der Waals surface area contributed by atoms with Crippen molar-refractivity contribution in [2.45, 2.75) is 43.9 Å². The van der Waals surface area contributed by atoms with Crippen molar-refractivity contribution in [3.63, 3.8) is 0 Å². The Morgan fingerprint density at radius 2 is 1.90 bits per heavy atom. The molecule has 0 unspecified atom stereocenters. The van der Waals surface area contributed by atoms with Gasteiger partial charge in [0.2, 0.25) is 5.91 Å². The van der Waals surface area contributed by atoms with Gasteiger partial charge in [0, 0.05) is 11.8 Å². The van der Waals surface area contributed by atoms with Crippen LogP contribution in [-0.4, -0.2) is 28.8 Å². The van der Waals surface area contributed by atoms with Crippen LogP contribution in [0.3, 0.4) is 0 Å². The maximum atomic E-state index is 11.9. The first-order chi connectivity index (χ1) is 10.2. The average molecular weight is 307 g/mol. The number of carboxylic acid groups (broad SMARTS) is 1. The zero-order valence-electron chi connectivity index (χ0n) is 12.0. The Bertz CT molecular complexity index is 498. The molecule has 1 aromatic rings. The standard InChI is InChI=1S/C16H21NO3S/c18-15(17-13-7-2-1-3-8-13)11-21-10-12-6-4-5-9-14(12)16(19)20/h4-6,9,13H,1-3,7-8,10-11H2,(H,17,18)(H,19,20). The minimum absolute atomic E-state index is 0.0553. The van der Waals surface area contributed by atoms with Crippen LogP contribution in [0.25, 0.3) is 0 Å². The Labute approximate surface area is 129 Å². The molecule has 0 radical (unpaired) electrons. The summed E-state index contributed by atoms with van der Waals surface area (Å²) in [6, 6.07) is 7.27. The lowest BCUT2D eigenvalue weighted by Crippen LogP contribution is -2.37. The summed E-state index contributed by atoms with van der Waals surface area (Å²) in [5.74, 6) is 0.0583. The first kappa shape index (κ1) is 15.9. The second-order valence-electron chi connectivity index (χ2n) is 5.36. The van der Waals surface area contributed by atoms with Crippen molar-refractivity contribution in [3.05, 3.63) is 35.4 Å². The molecular weight excluding hydrogens is 286 g/mol. The molecule has 4 nitrogen and oxygen atoms in total. The maximum absolute atomic E-state index is 11.9. The number of nitrogens with one attached hydrogen (secondary N) is 1. The first-order valence-corrected chi connectivity index (χ1v) is 8.50. The van der Waals surface area contributed by atoms with Gasteiger partial charge >= 0.3 is 5.97 Å². The number of carbonyl (C=O) groups excluding carboxylic acids is 1. The van der Waals surface area contributed by atoms with E-state index in [4.69, 9.17) is 5.11 Å². The Kier molecular flexibility index (Phi) is 6.11. The van der Waals surface area contributed by atoms with E-state index in [2.05, 4.69) is 5.32 Å². The van der Waals surface area contributed by atoms with Gasteiger partial charge in [0.1, 0.15) is 0 Å². The highest BCUT2D eigenvalue weighted by Gasteiger charge is 2.16. The summed E-state index contributed by atoms with van der Waals surface area (Å²) in [4.78, 5) is 23.0. The van der Waals surface area contributed by atoms with Crippen molar-refractivity contribution in [2.75, 3.05) is 5.75 Å². The van der Waals surface area contributed by atoms with Crippen LogP contribution >= 0.6 is 11.8 Å². The van der Waals surface area contributed by atoms with Crippen molar-refractivity contribution in [3.8, 4) is 0 Å². The van der Waals surface area contributed by atoms with Gasteiger partial charge in [0.25, 0.3) is 0 Å². The second-order valence-corrected chi connectivity index (χ2v) is 6.34. The molecule has 1 aromatic carbocycles. The molecule has 0 heterocycles. The fourth-order valence-corrected chi connectivity index (χ4v) is 3.47. The number of hydrogen-bond acceptors (Lipinski definition) is 3. The molecule has 5 heteroatoms. The summed E-state index contributed by atoms with van der Waals surface area (Å²) in [6.45, 7) is 0. The highest BCUT2D eigenvalue weighted by Crippen LogP contribution is 2.19. The largest absolute Gasteiger partial charge is 0.478 e. The number of rotatable bonds is 6. The predicted octanol–water partition coefficient (Wildman–Crippen LogP) is 3.07. The number of benzene rings is 1. The van der Waals surface area contributed by atoms with Gasteiger partial charge in [-0.25, -0.2) is 4.79 Å². The van der Waals surface area contributed by atoms with Crippen LogP contribution in [0.4, 0.5) is 0 Å². The van der Waals surface area contributed by atoms with E-state index < -0.39 is 5.97 Å². The van der Waals surface area contributed by atoms with Crippen molar-refractivity contribution in [1.29, 1.82) is 0 Å². The van der Waals surface area contributed by atoms with Crippen molar-refractivity contribution >= 4 is 23.6 Å². The quantitative estimate of drug-likeness (QED) is 0.847. The molecule has 1 fully saturated rings. The highest BCUT2D eigenvalue weighted by molar-refractivity contribution is 7.99. The van der Waals surface area contributed by atoms with Gasteiger partial charge < -0.3 is 10.4 Å². The minimum Gasteiger partial charge on any atom is -0.478 e. The van der Waals surface area contributed by atoms with Crippen LogP contribution in [0.2, 0.25) is 0 Å². The van der Waals surface area contributed by atoms with Gasteiger partial charge in [0.05, 0.1) is 11.3 Å². The van der Waals surface area contributed by atoms with E-state index in [1.54, 1.807) is 18.2 Å². The minimum atomic E-state index is -0.919. The summed E-state index contributed by atoms with van der Waals surface area (Å²) in [5.41, 5.74) is 1.08. The van der Waals surface area contributed by atoms with E-state index in [1.807, 2.05) is 6.07 Å². The summed E-state index contributed by atoms with van der Waals surface area (Å²) in [5, 5.41) is 12.2. The molecule has 0 spiro atoms. The summed E-state index contributed by atoms with van der Waals surface area (Å²) >= 11 is 1.46. The zero-order chi connectivity index (χ0) is 15.1. The van der Waals surface area contributed by atoms with E-state index in [-0.39, 0.29) is 5.91 Å². The van der Waals surface area contributed by atoms with E-state index in [0.29, 0.717) is 23.1 Å². The van der Waals surface area contributed by atoms with Crippen molar-refractivity contribution < 1.29 is 14.7 Å². The predicted molar refractivity (Wildman–Crippen MR) is 84.6 cm³/mol. The fourth-order valence-electron chi connectivity index (χ4n) is 2.62. The molecule has 0 atom stereocenters. The first-order valence-electron chi connectivity index (χ1n) is 7.35. The fraction of sp³-hybridized carbons (Fsp3) is 0.500. The number of thioether (sulfide) groups is 1. The van der Waals surface area contributed by atoms with Gasteiger partial charge in [0.15, 0.2) is 0 Å². The average Bonchev–Trinajstić information content (AvgIpc) is 2.48. The molecule has 1 amide bonds. The van der Waals surface area contributed by atoms with E-state index in [1.165, 1.54) is 31.0 Å². The summed E-state index contributed by atoms with van der Waals surface area (Å²) in [6.07, 6.45) is 5.83. The molecule has 0 bridgehead atoms. The molecule has 114 valence electrons. The Hall–Kier alpha value is -1.49. The summed E-state index contributed by atoms with van der Waals surface area (Å²) < 4.78 is 0. The number of carboxylic acids is 1. The molecule has 0 saturated heterocycles. The molecule has 2 N–H and O–H groups in total. The van der Waals surface area contributed by atoms with E-state index in [9.17, 15) is 9.59 Å². The van der Waals surface area contributed by atoms with Gasteiger partial charge in [-0.05, 0) is 24.5 Å². The van der Waals surface area contributed by atoms with Crippen LogP contribution < -0.4 is 5.32 Å². The number of amides is 1. The Morgan fingerprint density at radius 3 is 2.62 bits per heavy atom. The normalized spacial score (nSPS) is 15.6. The topological polar surface area (TPSA) is 66.4 Å². The van der Waals surface area contributed by atoms with Gasteiger partial charge in [-0.15, -0.1) is 11.8 Å².